The number of ether oxygens (including phenoxy) is 1. The number of aliphatic hydroxyl groups is 1. The van der Waals surface area contributed by atoms with E-state index in [1.54, 1.807) is 0 Å². The van der Waals surface area contributed by atoms with Gasteiger partial charge in [0.15, 0.2) is 0 Å². The van der Waals surface area contributed by atoms with E-state index in [-0.39, 0.29) is 11.4 Å². The third kappa shape index (κ3) is 3.66. The van der Waals surface area contributed by atoms with Gasteiger partial charge in [-0.25, -0.2) is 13.1 Å². The van der Waals surface area contributed by atoms with Gasteiger partial charge < -0.3 is 15.6 Å². The third-order valence-corrected chi connectivity index (χ3v) is 4.62. The maximum atomic E-state index is 12.0. The van der Waals surface area contributed by atoms with E-state index in [0.29, 0.717) is 31.7 Å². The van der Waals surface area contributed by atoms with Crippen LogP contribution in [0.3, 0.4) is 0 Å². The van der Waals surface area contributed by atoms with Crippen LogP contribution in [0.25, 0.3) is 0 Å². The Morgan fingerprint density at radius 3 is 2.42 bits per heavy atom. The van der Waals surface area contributed by atoms with Gasteiger partial charge in [0.25, 0.3) is 0 Å². The summed E-state index contributed by atoms with van der Waals surface area (Å²) in [6.07, 6.45) is 0.856. The minimum absolute atomic E-state index is 0.0108. The topological polar surface area (TPSA) is 102 Å². The fraction of sp³-hybridized carbons (Fsp3) is 0.500. The van der Waals surface area contributed by atoms with E-state index in [1.165, 1.54) is 24.3 Å². The molecule has 2 rings (SSSR count). The van der Waals surface area contributed by atoms with E-state index in [0.717, 1.165) is 0 Å². The number of nitrogens with two attached hydrogens (primary N) is 1. The summed E-state index contributed by atoms with van der Waals surface area (Å²) in [5.74, 6) is 0. The average molecular weight is 286 g/mol. The molecular weight excluding hydrogens is 268 g/mol. The van der Waals surface area contributed by atoms with E-state index in [1.807, 2.05) is 0 Å². The first-order valence-corrected chi connectivity index (χ1v) is 7.55. The Bertz CT molecular complexity index is 521. The predicted octanol–water partition coefficient (Wildman–Crippen LogP) is 0.0886. The Morgan fingerprint density at radius 2 is 1.84 bits per heavy atom. The van der Waals surface area contributed by atoms with Gasteiger partial charge in [-0.3, -0.25) is 0 Å². The summed E-state index contributed by atoms with van der Waals surface area (Å²) in [4.78, 5) is 0.136. The fourth-order valence-corrected chi connectivity index (χ4v) is 3.01. The number of hydrogen-bond acceptors (Lipinski definition) is 5. The number of rotatable bonds is 4. The second kappa shape index (κ2) is 5.46. The smallest absolute Gasteiger partial charge is 0.240 e. The van der Waals surface area contributed by atoms with Crippen molar-refractivity contribution in [3.05, 3.63) is 24.3 Å². The zero-order valence-electron chi connectivity index (χ0n) is 10.5. The fourth-order valence-electron chi connectivity index (χ4n) is 1.89. The molecule has 0 radical (unpaired) electrons. The maximum Gasteiger partial charge on any atom is 0.240 e. The minimum atomic E-state index is -3.62. The van der Waals surface area contributed by atoms with Crippen LogP contribution in [-0.4, -0.2) is 38.9 Å². The molecule has 1 saturated heterocycles. The van der Waals surface area contributed by atoms with Gasteiger partial charge in [0.2, 0.25) is 10.0 Å². The molecule has 0 atom stereocenters. The van der Waals surface area contributed by atoms with E-state index >= 15 is 0 Å². The normalized spacial score (nSPS) is 19.2. The Balaban J connectivity index is 2.03. The quantitative estimate of drug-likeness (QED) is 0.681. The lowest BCUT2D eigenvalue weighted by Gasteiger charge is -2.31. The van der Waals surface area contributed by atoms with Crippen molar-refractivity contribution in [2.24, 2.45) is 0 Å². The highest BCUT2D eigenvalue weighted by Gasteiger charge is 2.31. The molecule has 0 aromatic heterocycles. The maximum absolute atomic E-state index is 12.0. The van der Waals surface area contributed by atoms with Crippen molar-refractivity contribution >= 4 is 15.7 Å². The molecule has 1 fully saturated rings. The second-order valence-corrected chi connectivity index (χ2v) is 6.50. The monoisotopic (exact) mass is 286 g/mol. The van der Waals surface area contributed by atoms with Crippen molar-refractivity contribution in [3.63, 3.8) is 0 Å². The van der Waals surface area contributed by atoms with Crippen molar-refractivity contribution in [2.45, 2.75) is 23.3 Å². The standard InChI is InChI=1S/C12H18N2O4S/c13-10-1-3-11(4-2-10)19(16,17)14-9-12(15)5-7-18-8-6-12/h1-4,14-15H,5-9,13H2. The highest BCUT2D eigenvalue weighted by atomic mass is 32.2. The molecule has 7 heteroatoms. The molecule has 0 amide bonds. The minimum Gasteiger partial charge on any atom is -0.399 e. The van der Waals surface area contributed by atoms with Gasteiger partial charge in [-0.15, -0.1) is 0 Å². The zero-order valence-corrected chi connectivity index (χ0v) is 11.3. The Labute approximate surface area is 112 Å². The predicted molar refractivity (Wildman–Crippen MR) is 71.0 cm³/mol. The summed E-state index contributed by atoms with van der Waals surface area (Å²) in [7, 11) is -3.62. The van der Waals surface area contributed by atoms with Gasteiger partial charge in [-0.2, -0.15) is 0 Å². The number of anilines is 1. The molecule has 1 aromatic rings. The van der Waals surface area contributed by atoms with Crippen LogP contribution in [0.4, 0.5) is 5.69 Å². The number of sulfonamides is 1. The molecule has 0 spiro atoms. The Kier molecular flexibility index (Phi) is 4.10. The molecule has 0 unspecified atom stereocenters. The lowest BCUT2D eigenvalue weighted by atomic mass is 9.95. The van der Waals surface area contributed by atoms with Crippen LogP contribution < -0.4 is 10.5 Å². The summed E-state index contributed by atoms with van der Waals surface area (Å²) in [6.45, 7) is 0.878. The second-order valence-electron chi connectivity index (χ2n) is 4.73. The average Bonchev–Trinajstić information content (AvgIpc) is 2.38. The van der Waals surface area contributed by atoms with Gasteiger partial charge in [-0.05, 0) is 24.3 Å². The van der Waals surface area contributed by atoms with Crippen molar-refractivity contribution in [1.29, 1.82) is 0 Å². The van der Waals surface area contributed by atoms with Crippen LogP contribution in [0.1, 0.15) is 12.8 Å². The number of nitrogen functional groups attached to an aromatic ring is 1. The Morgan fingerprint density at radius 1 is 1.26 bits per heavy atom. The van der Waals surface area contributed by atoms with Crippen molar-refractivity contribution in [1.82, 2.24) is 4.72 Å². The largest absolute Gasteiger partial charge is 0.399 e. The molecule has 4 N–H and O–H groups in total. The summed E-state index contributed by atoms with van der Waals surface area (Å²) in [6, 6.07) is 5.92. The summed E-state index contributed by atoms with van der Waals surface area (Å²) < 4.78 is 31.6. The summed E-state index contributed by atoms with van der Waals surface area (Å²) in [5, 5.41) is 10.2. The van der Waals surface area contributed by atoms with Gasteiger partial charge in [0.05, 0.1) is 10.5 Å². The molecule has 106 valence electrons. The first kappa shape index (κ1) is 14.3. The SMILES string of the molecule is Nc1ccc(S(=O)(=O)NCC2(O)CCOCC2)cc1. The molecule has 19 heavy (non-hydrogen) atoms. The molecule has 0 aliphatic carbocycles. The van der Waals surface area contributed by atoms with Gasteiger partial charge >= 0.3 is 0 Å². The summed E-state index contributed by atoms with van der Waals surface area (Å²) in [5.41, 5.74) is 4.99. The zero-order chi connectivity index (χ0) is 13.9. The van der Waals surface area contributed by atoms with Crippen molar-refractivity contribution in [3.8, 4) is 0 Å². The molecular formula is C12H18N2O4S. The van der Waals surface area contributed by atoms with Crippen molar-refractivity contribution < 1.29 is 18.3 Å². The first-order chi connectivity index (χ1) is 8.91. The molecule has 1 aliphatic rings. The Hall–Kier alpha value is -1.15. The van der Waals surface area contributed by atoms with Crippen LogP contribution in [0.2, 0.25) is 0 Å². The molecule has 6 nitrogen and oxygen atoms in total. The van der Waals surface area contributed by atoms with Gasteiger partial charge in [-0.1, -0.05) is 0 Å². The van der Waals surface area contributed by atoms with Crippen LogP contribution in [-0.2, 0) is 14.8 Å². The molecule has 1 heterocycles. The van der Waals surface area contributed by atoms with Gasteiger partial charge in [0.1, 0.15) is 0 Å². The lowest BCUT2D eigenvalue weighted by molar-refractivity contribution is -0.0588. The third-order valence-electron chi connectivity index (χ3n) is 3.21. The molecule has 1 aromatic carbocycles. The number of hydrogen-bond donors (Lipinski definition) is 3. The van der Waals surface area contributed by atoms with Gasteiger partial charge in [0, 0.05) is 38.3 Å². The number of nitrogens with one attached hydrogen (secondary N) is 1. The highest BCUT2D eigenvalue weighted by molar-refractivity contribution is 7.89. The van der Waals surface area contributed by atoms with E-state index in [9.17, 15) is 13.5 Å². The van der Waals surface area contributed by atoms with E-state index < -0.39 is 15.6 Å². The van der Waals surface area contributed by atoms with Crippen LogP contribution in [0, 0.1) is 0 Å². The lowest BCUT2D eigenvalue weighted by Crippen LogP contribution is -2.46. The van der Waals surface area contributed by atoms with E-state index in [4.69, 9.17) is 10.5 Å². The van der Waals surface area contributed by atoms with Crippen LogP contribution in [0.5, 0.6) is 0 Å². The van der Waals surface area contributed by atoms with Crippen LogP contribution >= 0.6 is 0 Å². The number of benzene rings is 1. The van der Waals surface area contributed by atoms with Crippen LogP contribution in [0.15, 0.2) is 29.2 Å². The van der Waals surface area contributed by atoms with Crippen molar-refractivity contribution in [2.75, 3.05) is 25.5 Å². The summed E-state index contributed by atoms with van der Waals surface area (Å²) >= 11 is 0. The van der Waals surface area contributed by atoms with E-state index in [2.05, 4.69) is 4.72 Å². The molecule has 1 aliphatic heterocycles. The highest BCUT2D eigenvalue weighted by Crippen LogP contribution is 2.20. The molecule has 0 bridgehead atoms. The first-order valence-electron chi connectivity index (χ1n) is 6.07. The molecule has 0 saturated carbocycles.